The molecule has 6 rings (SSSR count). The highest BCUT2D eigenvalue weighted by molar-refractivity contribution is 6.07. The average molecular weight is 644 g/mol. The molecule has 0 aliphatic carbocycles. The maximum Gasteiger partial charge on any atom is 0.258 e. The van der Waals surface area contributed by atoms with Crippen molar-refractivity contribution in [2.75, 3.05) is 55.6 Å². The molecule has 248 valence electrons. The summed E-state index contributed by atoms with van der Waals surface area (Å²) < 4.78 is 2.33. The molecule has 0 bridgehead atoms. The Morgan fingerprint density at radius 2 is 1.69 bits per heavy atom. The van der Waals surface area contributed by atoms with E-state index in [1.54, 1.807) is 17.3 Å². The van der Waals surface area contributed by atoms with Gasteiger partial charge in [-0.3, -0.25) is 20.1 Å². The minimum absolute atomic E-state index is 0.0684. The number of aromatic nitrogens is 3. The summed E-state index contributed by atoms with van der Waals surface area (Å²) in [4.78, 5) is 29.7. The number of pyridine rings is 1. The van der Waals surface area contributed by atoms with Gasteiger partial charge in [0.2, 0.25) is 0 Å². The molecule has 1 aliphatic rings. The first-order valence-electron chi connectivity index (χ1n) is 16.8. The lowest BCUT2D eigenvalue weighted by Gasteiger charge is -2.36. The van der Waals surface area contributed by atoms with E-state index < -0.39 is 0 Å². The average Bonchev–Trinajstić information content (AvgIpc) is 3.47. The zero-order valence-corrected chi connectivity index (χ0v) is 27.7. The van der Waals surface area contributed by atoms with Crippen LogP contribution in [-0.4, -0.2) is 77.0 Å². The molecule has 48 heavy (non-hydrogen) atoms. The number of carbonyl (C=O) groups excluding carboxylic acids is 1. The van der Waals surface area contributed by atoms with E-state index in [-0.39, 0.29) is 11.7 Å². The first-order chi connectivity index (χ1) is 23.4. The van der Waals surface area contributed by atoms with Crippen LogP contribution >= 0.6 is 0 Å². The van der Waals surface area contributed by atoms with E-state index in [0.29, 0.717) is 18.7 Å². The molecule has 1 saturated heterocycles. The molecule has 1 aliphatic heterocycles. The van der Waals surface area contributed by atoms with Crippen LogP contribution in [-0.2, 0) is 19.4 Å². The van der Waals surface area contributed by atoms with Gasteiger partial charge in [-0.1, -0.05) is 42.5 Å². The summed E-state index contributed by atoms with van der Waals surface area (Å²) in [6.07, 6.45) is 5.94. The minimum atomic E-state index is -0.123. The fourth-order valence-corrected chi connectivity index (χ4v) is 6.59. The number of nitrogen functional groups attached to an aromatic ring is 1. The van der Waals surface area contributed by atoms with Crippen LogP contribution in [0.1, 0.15) is 39.3 Å². The number of amides is 1. The maximum absolute atomic E-state index is 13.7. The van der Waals surface area contributed by atoms with Crippen LogP contribution < -0.4 is 21.3 Å². The molecule has 0 radical (unpaired) electrons. The van der Waals surface area contributed by atoms with Crippen molar-refractivity contribution in [1.29, 1.82) is 5.41 Å². The zero-order chi connectivity index (χ0) is 33.5. The molecule has 3 aromatic carbocycles. The van der Waals surface area contributed by atoms with Crippen molar-refractivity contribution in [1.82, 2.24) is 19.4 Å². The summed E-state index contributed by atoms with van der Waals surface area (Å²) in [6, 6.07) is 26.0. The Bertz CT molecular complexity index is 1840. The van der Waals surface area contributed by atoms with Crippen molar-refractivity contribution in [3.05, 3.63) is 119 Å². The monoisotopic (exact) mass is 643 g/mol. The molecule has 5 N–H and O–H groups in total. The summed E-state index contributed by atoms with van der Waals surface area (Å²) in [5, 5.41) is 7.70. The van der Waals surface area contributed by atoms with E-state index in [2.05, 4.69) is 50.5 Å². The van der Waals surface area contributed by atoms with E-state index in [9.17, 15) is 4.79 Å². The predicted octanol–water partition coefficient (Wildman–Crippen LogP) is 4.63. The number of anilines is 2. The van der Waals surface area contributed by atoms with Crippen LogP contribution in [0, 0.1) is 12.3 Å². The Morgan fingerprint density at radius 1 is 0.917 bits per heavy atom. The molecular weight excluding hydrogens is 598 g/mol. The van der Waals surface area contributed by atoms with Crippen molar-refractivity contribution in [2.45, 2.75) is 32.7 Å². The lowest BCUT2D eigenvalue weighted by Crippen LogP contribution is -2.47. The van der Waals surface area contributed by atoms with Crippen molar-refractivity contribution in [2.24, 2.45) is 11.5 Å². The van der Waals surface area contributed by atoms with E-state index in [4.69, 9.17) is 21.9 Å². The first kappa shape index (κ1) is 32.9. The number of nitrogens with two attached hydrogens (primary N) is 2. The Labute approximate surface area is 282 Å². The van der Waals surface area contributed by atoms with Crippen molar-refractivity contribution in [3.8, 4) is 0 Å². The van der Waals surface area contributed by atoms with Crippen LogP contribution in [0.25, 0.3) is 11.0 Å². The highest BCUT2D eigenvalue weighted by atomic mass is 16.2. The van der Waals surface area contributed by atoms with Crippen molar-refractivity contribution >= 4 is 34.2 Å². The van der Waals surface area contributed by atoms with E-state index in [1.807, 2.05) is 54.6 Å². The number of fused-ring (bicyclic) bond motifs is 1. The number of carbonyl (C=O) groups is 1. The fourth-order valence-electron chi connectivity index (χ4n) is 6.59. The molecule has 1 amide bonds. The lowest BCUT2D eigenvalue weighted by atomic mass is 10.1. The summed E-state index contributed by atoms with van der Waals surface area (Å²) in [7, 11) is 0. The quantitative estimate of drug-likeness (QED) is 0.126. The van der Waals surface area contributed by atoms with Gasteiger partial charge >= 0.3 is 0 Å². The standard InChI is InChI=1S/C38H45N9O/c1-28-6-2-3-8-34(28)45-24-22-44(23-25-45)19-5-20-47-35-15-14-31(38(48)46(21-17-39)32-7-4-18-42-27-32)26-33(35)43-36(47)16-11-29-9-12-30(13-10-29)37(40)41/h2-4,6-10,12-15,18,26-27H,5,11,16-17,19-25,39H2,1H3,(H3,40,41). The SMILES string of the molecule is Cc1ccccc1N1CCN(CCCn2c(CCc3ccc(C(=N)N)cc3)nc3cc(C(=O)N(CCN)c4cccnc4)ccc32)CC1. The number of piperazine rings is 1. The third kappa shape index (κ3) is 7.56. The first-order valence-corrected chi connectivity index (χ1v) is 16.8. The molecule has 0 saturated carbocycles. The number of amidine groups is 1. The molecule has 0 atom stereocenters. The van der Waals surface area contributed by atoms with Gasteiger partial charge in [0, 0.05) is 75.2 Å². The summed E-state index contributed by atoms with van der Waals surface area (Å²) in [5.41, 5.74) is 19.2. The normalized spacial score (nSPS) is 13.6. The van der Waals surface area contributed by atoms with Gasteiger partial charge in [-0.25, -0.2) is 4.98 Å². The zero-order valence-electron chi connectivity index (χ0n) is 27.7. The fraction of sp³-hybridized carbons (Fsp3) is 0.316. The van der Waals surface area contributed by atoms with Gasteiger partial charge in [0.1, 0.15) is 11.7 Å². The van der Waals surface area contributed by atoms with Gasteiger partial charge in [0.25, 0.3) is 5.91 Å². The van der Waals surface area contributed by atoms with Gasteiger partial charge in [0.05, 0.1) is 22.9 Å². The molecule has 10 heteroatoms. The Morgan fingerprint density at radius 3 is 2.40 bits per heavy atom. The number of benzene rings is 3. The number of aryl methyl sites for hydroxylation is 4. The van der Waals surface area contributed by atoms with Crippen LogP contribution in [0.15, 0.2) is 91.3 Å². The second-order valence-corrected chi connectivity index (χ2v) is 12.4. The molecular formula is C38H45N9O. The van der Waals surface area contributed by atoms with Gasteiger partial charge in [-0.15, -0.1) is 0 Å². The van der Waals surface area contributed by atoms with Gasteiger partial charge in [-0.2, -0.15) is 0 Å². The molecule has 3 heterocycles. The van der Waals surface area contributed by atoms with E-state index >= 15 is 0 Å². The number of para-hydroxylation sites is 1. The highest BCUT2D eigenvalue weighted by Crippen LogP contribution is 2.24. The summed E-state index contributed by atoms with van der Waals surface area (Å²) in [5.74, 6) is 0.946. The third-order valence-electron chi connectivity index (χ3n) is 9.22. The molecule has 1 fully saturated rings. The molecule has 5 aromatic rings. The second kappa shape index (κ2) is 15.2. The predicted molar refractivity (Wildman–Crippen MR) is 194 cm³/mol. The van der Waals surface area contributed by atoms with Gasteiger partial charge in [-0.05, 0) is 73.8 Å². The number of hydrogen-bond acceptors (Lipinski definition) is 7. The van der Waals surface area contributed by atoms with Crippen LogP contribution in [0.3, 0.4) is 0 Å². The molecule has 10 nitrogen and oxygen atoms in total. The molecule has 2 aromatic heterocycles. The van der Waals surface area contributed by atoms with Crippen LogP contribution in [0.5, 0.6) is 0 Å². The van der Waals surface area contributed by atoms with Crippen molar-refractivity contribution < 1.29 is 4.79 Å². The maximum atomic E-state index is 13.7. The van der Waals surface area contributed by atoms with Gasteiger partial charge in [0.15, 0.2) is 0 Å². The highest BCUT2D eigenvalue weighted by Gasteiger charge is 2.21. The Hall–Kier alpha value is -5.06. The Balaban J connectivity index is 1.19. The van der Waals surface area contributed by atoms with E-state index in [0.717, 1.165) is 92.2 Å². The smallest absolute Gasteiger partial charge is 0.258 e. The number of nitrogens with zero attached hydrogens (tertiary/aromatic N) is 6. The summed E-state index contributed by atoms with van der Waals surface area (Å²) in [6.45, 7) is 8.94. The van der Waals surface area contributed by atoms with Gasteiger partial charge < -0.3 is 25.8 Å². The van der Waals surface area contributed by atoms with Crippen LogP contribution in [0.4, 0.5) is 11.4 Å². The number of nitrogens with one attached hydrogen (secondary N) is 1. The van der Waals surface area contributed by atoms with Crippen molar-refractivity contribution in [3.63, 3.8) is 0 Å². The lowest BCUT2D eigenvalue weighted by molar-refractivity contribution is 0.0987. The minimum Gasteiger partial charge on any atom is -0.384 e. The molecule has 0 spiro atoms. The second-order valence-electron chi connectivity index (χ2n) is 12.4. The topological polar surface area (TPSA) is 133 Å². The van der Waals surface area contributed by atoms with E-state index in [1.165, 1.54) is 11.3 Å². The summed E-state index contributed by atoms with van der Waals surface area (Å²) >= 11 is 0. The van der Waals surface area contributed by atoms with Crippen LogP contribution in [0.2, 0.25) is 0 Å². The molecule has 0 unspecified atom stereocenters. The third-order valence-corrected chi connectivity index (χ3v) is 9.22. The number of rotatable bonds is 13. The number of hydrogen-bond donors (Lipinski definition) is 3. The Kier molecular flexibility index (Phi) is 10.4. The number of imidazole rings is 1. The largest absolute Gasteiger partial charge is 0.384 e.